The molecule has 352 valence electrons. The first-order valence-corrected chi connectivity index (χ1v) is 23.1. The number of fused-ring (bicyclic) bond motifs is 1. The zero-order valence-electron chi connectivity index (χ0n) is 41.2. The average molecular weight is 897 g/mol. The van der Waals surface area contributed by atoms with Crippen molar-refractivity contribution in [1.29, 1.82) is 0 Å². The first-order chi connectivity index (χ1) is 30.1. The van der Waals surface area contributed by atoms with Gasteiger partial charge in [0.05, 0.1) is 17.8 Å². The number of carbonyl (C=O) groups is 3. The SMILES string of the molecule is C=C1N(C)C=C(C(=O)Nc2cccc(-c3c(F)ccc(-c4cc5c(c(OC)n4)CCC5)c3Cl)c2C)C(=O)N1C.CC.CC.CCC(C)C(=O)NC.CCCCC(C)CC.CCCO. The number of carbonyl (C=O) groups excluding carboxylic acids is 3. The van der Waals surface area contributed by atoms with Crippen molar-refractivity contribution in [2.75, 3.05) is 40.2 Å². The number of likely N-dealkylation sites (N-methyl/N-ethyl adjacent to an activating group) is 1. The number of benzene rings is 2. The third kappa shape index (κ3) is 17.1. The quantitative estimate of drug-likeness (QED) is 0.155. The van der Waals surface area contributed by atoms with Crippen LogP contribution in [0, 0.1) is 24.6 Å². The first-order valence-electron chi connectivity index (χ1n) is 22.8. The van der Waals surface area contributed by atoms with Gasteiger partial charge in [-0.05, 0) is 85.9 Å². The lowest BCUT2D eigenvalue weighted by Crippen LogP contribution is -2.41. The molecular weight excluding hydrogens is 817 g/mol. The van der Waals surface area contributed by atoms with E-state index in [9.17, 15) is 14.4 Å². The van der Waals surface area contributed by atoms with Gasteiger partial charge in [0.15, 0.2) is 0 Å². The van der Waals surface area contributed by atoms with E-state index in [4.69, 9.17) is 21.4 Å². The number of aromatic nitrogens is 1. The molecule has 1 aliphatic carbocycles. The number of anilines is 1. The summed E-state index contributed by atoms with van der Waals surface area (Å²) >= 11 is 6.87. The molecule has 0 bridgehead atoms. The van der Waals surface area contributed by atoms with Gasteiger partial charge in [-0.25, -0.2) is 9.37 Å². The zero-order valence-corrected chi connectivity index (χ0v) is 41.9. The standard InChI is InChI=1S/C30H28ClFN4O3.C8H18.C6H13NO.C3H8O.2C2H6/c1-16-19(9-7-11-24(16)33-28(37)22-15-35(3)17(2)36(4)30(22)38)26-23(32)13-12-21(27(26)31)25-14-18-8-6-10-20(18)29(34-25)39-5;1-4-6-7-8(3)5-2;1-4-5(2)6(8)7-3;1-2-3-4;2*1-2/h7,9,11-15H,2,6,8,10H2,1,3-5H3,(H,33,37);8H,4-7H2,1-3H3;5H,4H2,1-3H3,(H,7,8);4H,2-3H2,1H3;2*1-2H3. The number of hydrogen-bond donors (Lipinski definition) is 3. The van der Waals surface area contributed by atoms with Crippen molar-refractivity contribution in [3.05, 3.63) is 88.1 Å². The number of ether oxygens (including phenoxy) is 1. The number of aliphatic hydroxyl groups excluding tert-OH is 1. The number of aliphatic hydroxyl groups is 1. The van der Waals surface area contributed by atoms with Crippen LogP contribution in [0.2, 0.25) is 5.02 Å². The van der Waals surface area contributed by atoms with Crippen molar-refractivity contribution in [1.82, 2.24) is 20.1 Å². The molecule has 2 heterocycles. The van der Waals surface area contributed by atoms with Crippen LogP contribution in [0.4, 0.5) is 10.1 Å². The molecule has 3 N–H and O–H groups in total. The van der Waals surface area contributed by atoms with Crippen LogP contribution in [0.1, 0.15) is 131 Å². The summed E-state index contributed by atoms with van der Waals surface area (Å²) in [6.07, 6.45) is 11.6. The molecule has 2 aromatic carbocycles. The molecule has 63 heavy (non-hydrogen) atoms. The highest BCUT2D eigenvalue weighted by Crippen LogP contribution is 2.42. The highest BCUT2D eigenvalue weighted by Gasteiger charge is 2.30. The molecule has 12 heteroatoms. The van der Waals surface area contributed by atoms with E-state index < -0.39 is 17.6 Å². The molecule has 10 nitrogen and oxygen atoms in total. The molecule has 0 radical (unpaired) electrons. The maximum Gasteiger partial charge on any atom is 0.266 e. The van der Waals surface area contributed by atoms with Gasteiger partial charge in [0.25, 0.3) is 11.8 Å². The van der Waals surface area contributed by atoms with E-state index in [-0.39, 0.29) is 28.0 Å². The minimum absolute atomic E-state index is 0.0416. The van der Waals surface area contributed by atoms with Gasteiger partial charge < -0.3 is 25.4 Å². The van der Waals surface area contributed by atoms with Gasteiger partial charge in [0.1, 0.15) is 17.2 Å². The van der Waals surface area contributed by atoms with Crippen LogP contribution in [0.25, 0.3) is 22.4 Å². The highest BCUT2D eigenvalue weighted by molar-refractivity contribution is 6.36. The Morgan fingerprint density at radius 2 is 1.63 bits per heavy atom. The zero-order chi connectivity index (χ0) is 48.4. The number of halogens is 2. The minimum atomic E-state index is -0.582. The molecule has 2 aliphatic rings. The fraction of sp³-hybridized carbons (Fsp3) is 0.529. The lowest BCUT2D eigenvalue weighted by Gasteiger charge is -2.31. The summed E-state index contributed by atoms with van der Waals surface area (Å²) in [5.41, 5.74) is 5.15. The first kappa shape index (κ1) is 58.3. The fourth-order valence-electron chi connectivity index (χ4n) is 6.28. The molecule has 2 unspecified atom stereocenters. The van der Waals surface area contributed by atoms with Crippen LogP contribution in [0.5, 0.6) is 5.88 Å². The second-order valence-electron chi connectivity index (χ2n) is 15.0. The predicted octanol–water partition coefficient (Wildman–Crippen LogP) is 12.2. The predicted molar refractivity (Wildman–Crippen MR) is 262 cm³/mol. The van der Waals surface area contributed by atoms with Gasteiger partial charge in [0, 0.05) is 62.2 Å². The molecule has 3 aromatic rings. The molecule has 1 aliphatic heterocycles. The number of amides is 3. The van der Waals surface area contributed by atoms with Crippen molar-refractivity contribution in [3.63, 3.8) is 0 Å². The number of nitrogens with one attached hydrogen (secondary N) is 2. The Kier molecular flexibility index (Phi) is 28.8. The molecule has 0 saturated carbocycles. The summed E-state index contributed by atoms with van der Waals surface area (Å²) in [7, 11) is 6.51. The number of pyridine rings is 1. The van der Waals surface area contributed by atoms with E-state index in [1.807, 2.05) is 54.5 Å². The third-order valence-corrected chi connectivity index (χ3v) is 11.0. The van der Waals surface area contributed by atoms with E-state index in [0.717, 1.165) is 49.1 Å². The summed E-state index contributed by atoms with van der Waals surface area (Å²) in [5.74, 6) is 0.715. The summed E-state index contributed by atoms with van der Waals surface area (Å²) in [4.78, 5) is 44.0. The van der Waals surface area contributed by atoms with E-state index in [1.54, 1.807) is 64.3 Å². The van der Waals surface area contributed by atoms with Crippen molar-refractivity contribution >= 4 is 35.0 Å². The van der Waals surface area contributed by atoms with Gasteiger partial charge in [0.2, 0.25) is 11.8 Å². The van der Waals surface area contributed by atoms with Crippen LogP contribution >= 0.6 is 11.6 Å². The van der Waals surface area contributed by atoms with Crippen LogP contribution in [-0.2, 0) is 27.2 Å². The number of rotatable bonds is 12. The fourth-order valence-corrected chi connectivity index (χ4v) is 6.63. The van der Waals surface area contributed by atoms with E-state index in [2.05, 4.69) is 43.0 Å². The smallest absolute Gasteiger partial charge is 0.266 e. The number of aryl methyl sites for hydroxylation is 1. The maximum atomic E-state index is 15.3. The van der Waals surface area contributed by atoms with E-state index in [1.165, 1.54) is 42.8 Å². The van der Waals surface area contributed by atoms with Crippen LogP contribution in [0.3, 0.4) is 0 Å². The molecule has 0 fully saturated rings. The number of hydrogen-bond acceptors (Lipinski definition) is 7. The molecular formula is C51H79ClFN5O5. The summed E-state index contributed by atoms with van der Waals surface area (Å²) in [6.45, 7) is 26.6. The van der Waals surface area contributed by atoms with Crippen LogP contribution < -0.4 is 15.4 Å². The molecule has 5 rings (SSSR count). The van der Waals surface area contributed by atoms with Crippen molar-refractivity contribution in [3.8, 4) is 28.3 Å². The van der Waals surface area contributed by atoms with Gasteiger partial charge >= 0.3 is 0 Å². The number of unbranched alkanes of at least 4 members (excludes halogenated alkanes) is 1. The van der Waals surface area contributed by atoms with Gasteiger partial charge in [-0.15, -0.1) is 0 Å². The largest absolute Gasteiger partial charge is 0.481 e. The van der Waals surface area contributed by atoms with Gasteiger partial charge in [-0.1, -0.05) is 125 Å². The Morgan fingerprint density at radius 1 is 1.00 bits per heavy atom. The second kappa shape index (κ2) is 31.2. The third-order valence-electron chi connectivity index (χ3n) is 10.6. The Hall–Kier alpha value is -4.74. The van der Waals surface area contributed by atoms with Crippen molar-refractivity contribution in [2.45, 2.75) is 134 Å². The normalized spacial score (nSPS) is 13.3. The Bertz CT molecular complexity index is 1930. The number of nitrogens with zero attached hydrogens (tertiary/aromatic N) is 3. The molecule has 2 atom stereocenters. The molecule has 0 spiro atoms. The lowest BCUT2D eigenvalue weighted by atomic mass is 9.95. The van der Waals surface area contributed by atoms with Gasteiger partial charge in [-0.2, -0.15) is 0 Å². The summed E-state index contributed by atoms with van der Waals surface area (Å²) in [5, 5.41) is 13.5. The monoisotopic (exact) mass is 896 g/mol. The average Bonchev–Trinajstić information content (AvgIpc) is 3.80. The van der Waals surface area contributed by atoms with Crippen molar-refractivity contribution in [2.24, 2.45) is 11.8 Å². The summed E-state index contributed by atoms with van der Waals surface area (Å²) in [6, 6.07) is 10.1. The second-order valence-corrected chi connectivity index (χ2v) is 15.3. The molecule has 1 aromatic heterocycles. The Morgan fingerprint density at radius 3 is 2.16 bits per heavy atom. The Balaban J connectivity index is 0.00000132. The minimum Gasteiger partial charge on any atom is -0.481 e. The van der Waals surface area contributed by atoms with Gasteiger partial charge in [-0.3, -0.25) is 19.3 Å². The molecule has 0 saturated heterocycles. The lowest BCUT2D eigenvalue weighted by molar-refractivity contribution is -0.128. The van der Waals surface area contributed by atoms with Crippen LogP contribution in [-0.4, -0.2) is 72.5 Å². The topological polar surface area (TPSA) is 124 Å². The highest BCUT2D eigenvalue weighted by atomic mass is 35.5. The maximum absolute atomic E-state index is 15.3. The van der Waals surface area contributed by atoms with Crippen molar-refractivity contribution < 1.29 is 28.6 Å². The van der Waals surface area contributed by atoms with E-state index in [0.29, 0.717) is 46.4 Å². The van der Waals surface area contributed by atoms with E-state index >= 15 is 4.39 Å². The van der Waals surface area contributed by atoms with Crippen LogP contribution in [0.15, 0.2) is 60.6 Å². The summed E-state index contributed by atoms with van der Waals surface area (Å²) < 4.78 is 20.9. The molecule has 3 amide bonds. The number of methoxy groups -OCH3 is 1. The Labute approximate surface area is 384 Å².